The molecule has 0 unspecified atom stereocenters. The molecule has 6 nitrogen and oxygen atoms in total. The molecule has 5 rings (SSSR count). The van der Waals surface area contributed by atoms with Gasteiger partial charge in [-0.2, -0.15) is 0 Å². The topological polar surface area (TPSA) is 90.5 Å². The minimum absolute atomic E-state index is 0.164. The second kappa shape index (κ2) is 7.01. The first-order valence-electron chi connectivity index (χ1n) is 10.3. The summed E-state index contributed by atoms with van der Waals surface area (Å²) in [5.74, 6) is 7.16. The average Bonchev–Trinajstić information content (AvgIpc) is 3.16. The van der Waals surface area contributed by atoms with Gasteiger partial charge in [-0.05, 0) is 49.3 Å². The molecule has 3 fully saturated rings. The van der Waals surface area contributed by atoms with E-state index < -0.39 is 0 Å². The van der Waals surface area contributed by atoms with Crippen LogP contribution in [0.25, 0.3) is 11.3 Å². The smallest absolute Gasteiger partial charge is 0.168 e. The van der Waals surface area contributed by atoms with Crippen LogP contribution in [0.5, 0.6) is 5.75 Å². The lowest BCUT2D eigenvalue weighted by molar-refractivity contribution is -0.200. The molecule has 1 aromatic carbocycles. The number of nitrogen functional groups attached to an aromatic ring is 1. The molecule has 0 radical (unpaired) electrons. The molecule has 0 atom stereocenters. The van der Waals surface area contributed by atoms with Gasteiger partial charge >= 0.3 is 0 Å². The van der Waals surface area contributed by atoms with Crippen molar-refractivity contribution in [2.75, 3.05) is 18.9 Å². The largest absolute Gasteiger partial charge is 0.507 e. The molecule has 3 N–H and O–H groups in total. The Morgan fingerprint density at radius 3 is 2.48 bits per heavy atom. The van der Waals surface area contributed by atoms with Crippen molar-refractivity contribution in [3.8, 4) is 28.8 Å². The molecule has 2 aromatic rings. The van der Waals surface area contributed by atoms with Gasteiger partial charge in [0.25, 0.3) is 0 Å². The Morgan fingerprint density at radius 2 is 1.76 bits per heavy atom. The van der Waals surface area contributed by atoms with Gasteiger partial charge in [-0.3, -0.25) is 0 Å². The van der Waals surface area contributed by atoms with E-state index in [1.165, 1.54) is 0 Å². The number of aromatic hydroxyl groups is 1. The Morgan fingerprint density at radius 1 is 1.03 bits per heavy atom. The Kier molecular flexibility index (Phi) is 4.45. The molecule has 2 aliphatic carbocycles. The first-order chi connectivity index (χ1) is 14.1. The molecule has 6 heteroatoms. The first-order valence-corrected chi connectivity index (χ1v) is 10.3. The summed E-state index contributed by atoms with van der Waals surface area (Å²) in [6.07, 6.45) is 6.56. The fourth-order valence-electron chi connectivity index (χ4n) is 4.95. The third-order valence-corrected chi connectivity index (χ3v) is 6.66. The standard InChI is InChI=1S/C23H25N3O3/c24-21-17(13-19(25-26-21)18-3-1-2-4-20(18)27)6-5-16-14-22(15-16)7-9-23(10-8-22)28-11-12-29-23/h1-4,13,16,27H,7-12,14-15H2,(H2,24,26). The van der Waals surface area contributed by atoms with Crippen molar-refractivity contribution in [1.29, 1.82) is 0 Å². The molecule has 29 heavy (non-hydrogen) atoms. The van der Waals surface area contributed by atoms with Crippen molar-refractivity contribution in [1.82, 2.24) is 10.2 Å². The van der Waals surface area contributed by atoms with Crippen LogP contribution in [0.3, 0.4) is 0 Å². The highest BCUT2D eigenvalue weighted by Gasteiger charge is 2.51. The highest BCUT2D eigenvalue weighted by atomic mass is 16.7. The average molecular weight is 391 g/mol. The maximum atomic E-state index is 10.1. The summed E-state index contributed by atoms with van der Waals surface area (Å²) in [4.78, 5) is 0. The molecule has 1 aliphatic heterocycles. The normalized spacial score (nSPS) is 22.2. The van der Waals surface area contributed by atoms with Crippen LogP contribution in [0.4, 0.5) is 5.82 Å². The Hall–Kier alpha value is -2.62. The van der Waals surface area contributed by atoms with E-state index in [1.807, 2.05) is 6.07 Å². The minimum Gasteiger partial charge on any atom is -0.507 e. The van der Waals surface area contributed by atoms with Crippen LogP contribution in [-0.4, -0.2) is 34.3 Å². The molecular formula is C23H25N3O3. The number of para-hydroxylation sites is 1. The van der Waals surface area contributed by atoms with Gasteiger partial charge < -0.3 is 20.3 Å². The number of nitrogens with zero attached hydrogens (tertiary/aromatic N) is 2. The summed E-state index contributed by atoms with van der Waals surface area (Å²) in [7, 11) is 0. The number of hydrogen-bond acceptors (Lipinski definition) is 6. The summed E-state index contributed by atoms with van der Waals surface area (Å²) in [6.45, 7) is 1.45. The lowest BCUT2D eigenvalue weighted by Gasteiger charge is -2.51. The number of benzene rings is 1. The van der Waals surface area contributed by atoms with Crippen molar-refractivity contribution in [2.45, 2.75) is 44.3 Å². The number of hydrogen-bond donors (Lipinski definition) is 2. The molecule has 0 amide bonds. The van der Waals surface area contributed by atoms with Crippen LogP contribution in [0, 0.1) is 23.2 Å². The number of aromatic nitrogens is 2. The molecule has 0 bridgehead atoms. The SMILES string of the molecule is Nc1nnc(-c2ccccc2O)cc1C#CC1CC2(CCC3(CC2)OCCO3)C1. The number of anilines is 1. The van der Waals surface area contributed by atoms with Gasteiger partial charge in [-0.15, -0.1) is 10.2 Å². The zero-order valence-corrected chi connectivity index (χ0v) is 16.4. The van der Waals surface area contributed by atoms with E-state index in [4.69, 9.17) is 15.2 Å². The van der Waals surface area contributed by atoms with E-state index in [2.05, 4.69) is 22.0 Å². The first kappa shape index (κ1) is 18.4. The predicted molar refractivity (Wildman–Crippen MR) is 109 cm³/mol. The predicted octanol–water partition coefficient (Wildman–Crippen LogP) is 3.50. The van der Waals surface area contributed by atoms with Gasteiger partial charge in [0, 0.05) is 24.3 Å². The van der Waals surface area contributed by atoms with Crippen molar-refractivity contribution >= 4 is 5.82 Å². The Balaban J connectivity index is 1.26. The van der Waals surface area contributed by atoms with Crippen LogP contribution in [0.15, 0.2) is 30.3 Å². The van der Waals surface area contributed by atoms with Crippen molar-refractivity contribution < 1.29 is 14.6 Å². The molecular weight excluding hydrogens is 366 g/mol. The van der Waals surface area contributed by atoms with Crippen LogP contribution >= 0.6 is 0 Å². The number of phenols is 1. The van der Waals surface area contributed by atoms with E-state index >= 15 is 0 Å². The molecule has 150 valence electrons. The quantitative estimate of drug-likeness (QED) is 0.723. The van der Waals surface area contributed by atoms with E-state index in [9.17, 15) is 5.11 Å². The van der Waals surface area contributed by atoms with Crippen molar-refractivity contribution in [3.63, 3.8) is 0 Å². The second-order valence-electron chi connectivity index (χ2n) is 8.53. The van der Waals surface area contributed by atoms with E-state index in [0.717, 1.165) is 51.7 Å². The number of phenolic OH excluding ortho intramolecular Hbond substituents is 1. The number of ether oxygens (including phenoxy) is 2. The molecule has 2 saturated carbocycles. The van der Waals surface area contributed by atoms with E-state index in [-0.39, 0.29) is 11.5 Å². The second-order valence-corrected chi connectivity index (χ2v) is 8.53. The van der Waals surface area contributed by atoms with Gasteiger partial charge in [-0.25, -0.2) is 0 Å². The lowest BCUT2D eigenvalue weighted by atomic mass is 9.55. The highest BCUT2D eigenvalue weighted by Crippen LogP contribution is 2.57. The highest BCUT2D eigenvalue weighted by molar-refractivity contribution is 5.69. The third-order valence-electron chi connectivity index (χ3n) is 6.66. The summed E-state index contributed by atoms with van der Waals surface area (Å²) in [6, 6.07) is 8.85. The summed E-state index contributed by atoms with van der Waals surface area (Å²) in [5, 5.41) is 18.2. The lowest BCUT2D eigenvalue weighted by Crippen LogP contribution is -2.45. The molecule has 2 heterocycles. The maximum absolute atomic E-state index is 10.1. The fraction of sp³-hybridized carbons (Fsp3) is 0.478. The van der Waals surface area contributed by atoms with Crippen LogP contribution in [-0.2, 0) is 9.47 Å². The molecule has 1 aromatic heterocycles. The number of rotatable bonds is 1. The summed E-state index contributed by atoms with van der Waals surface area (Å²) in [5.41, 5.74) is 8.25. The molecule has 3 aliphatic rings. The van der Waals surface area contributed by atoms with Gasteiger partial charge in [0.1, 0.15) is 5.75 Å². The monoisotopic (exact) mass is 391 g/mol. The fourth-order valence-corrected chi connectivity index (χ4v) is 4.95. The van der Waals surface area contributed by atoms with E-state index in [1.54, 1.807) is 24.3 Å². The zero-order chi connectivity index (χ0) is 19.9. The summed E-state index contributed by atoms with van der Waals surface area (Å²) < 4.78 is 11.7. The van der Waals surface area contributed by atoms with Gasteiger partial charge in [0.05, 0.1) is 24.5 Å². The maximum Gasteiger partial charge on any atom is 0.168 e. The Labute approximate surface area is 170 Å². The minimum atomic E-state index is -0.293. The van der Waals surface area contributed by atoms with Gasteiger partial charge in [0.2, 0.25) is 0 Å². The van der Waals surface area contributed by atoms with Crippen LogP contribution in [0.2, 0.25) is 0 Å². The van der Waals surface area contributed by atoms with Crippen molar-refractivity contribution in [2.24, 2.45) is 11.3 Å². The van der Waals surface area contributed by atoms with Gasteiger partial charge in [-0.1, -0.05) is 24.0 Å². The molecule has 2 spiro atoms. The van der Waals surface area contributed by atoms with Crippen molar-refractivity contribution in [3.05, 3.63) is 35.9 Å². The van der Waals surface area contributed by atoms with Gasteiger partial charge in [0.15, 0.2) is 11.6 Å². The van der Waals surface area contributed by atoms with E-state index in [0.29, 0.717) is 34.0 Å². The summed E-state index contributed by atoms with van der Waals surface area (Å²) >= 11 is 0. The molecule has 1 saturated heterocycles. The number of nitrogens with two attached hydrogens (primary N) is 1. The third kappa shape index (κ3) is 3.45. The van der Waals surface area contributed by atoms with Crippen LogP contribution in [0.1, 0.15) is 44.1 Å². The van der Waals surface area contributed by atoms with Crippen LogP contribution < -0.4 is 5.73 Å². The Bertz CT molecular complexity index is 970. The zero-order valence-electron chi connectivity index (χ0n) is 16.4.